The smallest absolute Gasteiger partial charge is 0.289 e. The van der Waals surface area contributed by atoms with Gasteiger partial charge in [-0.3, -0.25) is 4.79 Å². The van der Waals surface area contributed by atoms with Crippen molar-refractivity contribution in [3.05, 3.63) is 36.3 Å². The van der Waals surface area contributed by atoms with Crippen LogP contribution in [0.5, 0.6) is 0 Å². The van der Waals surface area contributed by atoms with Gasteiger partial charge in [-0.15, -0.1) is 0 Å². The molecule has 1 fully saturated rings. The minimum Gasteiger partial charge on any atom is -0.461 e. The number of rotatable bonds is 2. The van der Waals surface area contributed by atoms with Gasteiger partial charge < -0.3 is 13.7 Å². The number of piperidine rings is 1. The van der Waals surface area contributed by atoms with Crippen LogP contribution in [0.4, 0.5) is 0 Å². The van der Waals surface area contributed by atoms with Crippen LogP contribution in [-0.4, -0.2) is 23.4 Å². The minimum atomic E-state index is -0.0231. The molecule has 100 valence electrons. The fourth-order valence-corrected chi connectivity index (χ4v) is 2.55. The van der Waals surface area contributed by atoms with Crippen LogP contribution in [0.3, 0.4) is 0 Å². The van der Waals surface area contributed by atoms with Gasteiger partial charge >= 0.3 is 0 Å². The SMILES string of the molecule is CC1CCCCN1C(=O)c1ccc(-c2ccco2)o1. The van der Waals surface area contributed by atoms with Crippen molar-refractivity contribution in [1.82, 2.24) is 4.90 Å². The summed E-state index contributed by atoms with van der Waals surface area (Å²) in [6.45, 7) is 2.91. The van der Waals surface area contributed by atoms with Crippen LogP contribution in [0.25, 0.3) is 11.5 Å². The van der Waals surface area contributed by atoms with Gasteiger partial charge in [0.1, 0.15) is 0 Å². The second-order valence-corrected chi connectivity index (χ2v) is 4.98. The fourth-order valence-electron chi connectivity index (χ4n) is 2.55. The van der Waals surface area contributed by atoms with E-state index in [2.05, 4.69) is 6.92 Å². The predicted molar refractivity (Wildman–Crippen MR) is 70.8 cm³/mol. The van der Waals surface area contributed by atoms with E-state index < -0.39 is 0 Å². The molecule has 0 radical (unpaired) electrons. The number of hydrogen-bond acceptors (Lipinski definition) is 3. The summed E-state index contributed by atoms with van der Waals surface area (Å²) in [5.74, 6) is 1.61. The topological polar surface area (TPSA) is 46.6 Å². The van der Waals surface area contributed by atoms with E-state index >= 15 is 0 Å². The summed E-state index contributed by atoms with van der Waals surface area (Å²) in [6.07, 6.45) is 4.92. The van der Waals surface area contributed by atoms with Gasteiger partial charge in [-0.25, -0.2) is 0 Å². The number of likely N-dealkylation sites (tertiary alicyclic amines) is 1. The summed E-state index contributed by atoms with van der Waals surface area (Å²) >= 11 is 0. The van der Waals surface area contributed by atoms with Crippen LogP contribution in [0.1, 0.15) is 36.7 Å². The van der Waals surface area contributed by atoms with Gasteiger partial charge in [-0.05, 0) is 50.5 Å². The average Bonchev–Trinajstić information content (AvgIpc) is 3.09. The second-order valence-electron chi connectivity index (χ2n) is 4.98. The first kappa shape index (κ1) is 12.1. The number of furan rings is 2. The summed E-state index contributed by atoms with van der Waals surface area (Å²) in [5, 5.41) is 0. The van der Waals surface area contributed by atoms with Gasteiger partial charge in [0, 0.05) is 12.6 Å². The molecule has 0 aromatic carbocycles. The van der Waals surface area contributed by atoms with E-state index in [4.69, 9.17) is 8.83 Å². The zero-order valence-electron chi connectivity index (χ0n) is 11.0. The maximum Gasteiger partial charge on any atom is 0.289 e. The molecule has 1 aliphatic rings. The number of amides is 1. The molecular weight excluding hydrogens is 242 g/mol. The first-order valence-corrected chi connectivity index (χ1v) is 6.70. The molecule has 4 nitrogen and oxygen atoms in total. The fraction of sp³-hybridized carbons (Fsp3) is 0.400. The molecule has 3 heterocycles. The van der Waals surface area contributed by atoms with Crippen LogP contribution in [0.2, 0.25) is 0 Å². The first-order chi connectivity index (χ1) is 9.25. The third-order valence-electron chi connectivity index (χ3n) is 3.64. The highest BCUT2D eigenvalue weighted by molar-refractivity contribution is 5.92. The molecule has 1 aliphatic heterocycles. The molecular formula is C15H17NO3. The largest absolute Gasteiger partial charge is 0.461 e. The maximum atomic E-state index is 12.4. The van der Waals surface area contributed by atoms with Crippen molar-refractivity contribution in [3.8, 4) is 11.5 Å². The van der Waals surface area contributed by atoms with Gasteiger partial charge in [0.05, 0.1) is 6.26 Å². The molecule has 0 aliphatic carbocycles. The molecule has 1 unspecified atom stereocenters. The Hall–Kier alpha value is -1.97. The molecule has 2 aromatic heterocycles. The molecule has 4 heteroatoms. The monoisotopic (exact) mass is 259 g/mol. The van der Waals surface area contributed by atoms with Crippen LogP contribution >= 0.6 is 0 Å². The van der Waals surface area contributed by atoms with Gasteiger partial charge in [0.25, 0.3) is 5.91 Å². The summed E-state index contributed by atoms with van der Waals surface area (Å²) in [6, 6.07) is 7.41. The predicted octanol–water partition coefficient (Wildman–Crippen LogP) is 3.55. The van der Waals surface area contributed by atoms with Crippen molar-refractivity contribution in [1.29, 1.82) is 0 Å². The normalized spacial score (nSPS) is 19.6. The minimum absolute atomic E-state index is 0.0231. The first-order valence-electron chi connectivity index (χ1n) is 6.70. The molecule has 2 aromatic rings. The van der Waals surface area contributed by atoms with Gasteiger partial charge in [-0.2, -0.15) is 0 Å². The molecule has 1 atom stereocenters. The Labute approximate surface area is 112 Å². The highest BCUT2D eigenvalue weighted by Crippen LogP contribution is 2.25. The lowest BCUT2D eigenvalue weighted by atomic mass is 10.0. The van der Waals surface area contributed by atoms with E-state index in [0.29, 0.717) is 23.3 Å². The highest BCUT2D eigenvalue weighted by atomic mass is 16.4. The van der Waals surface area contributed by atoms with Crippen molar-refractivity contribution in [2.45, 2.75) is 32.2 Å². The maximum absolute atomic E-state index is 12.4. The van der Waals surface area contributed by atoms with Crippen LogP contribution < -0.4 is 0 Å². The Kier molecular flexibility index (Phi) is 3.15. The summed E-state index contributed by atoms with van der Waals surface area (Å²) in [5.41, 5.74) is 0. The number of carbonyl (C=O) groups excluding carboxylic acids is 1. The quantitative estimate of drug-likeness (QED) is 0.828. The number of carbonyl (C=O) groups is 1. The van der Waals surface area contributed by atoms with Crippen LogP contribution in [0, 0.1) is 0 Å². The molecule has 0 saturated carbocycles. The Balaban J connectivity index is 1.80. The lowest BCUT2D eigenvalue weighted by Gasteiger charge is -2.32. The summed E-state index contributed by atoms with van der Waals surface area (Å²) in [7, 11) is 0. The Bertz CT molecular complexity index is 556. The molecule has 0 bridgehead atoms. The third-order valence-corrected chi connectivity index (χ3v) is 3.64. The molecule has 3 rings (SSSR count). The van der Waals surface area contributed by atoms with Crippen molar-refractivity contribution >= 4 is 5.91 Å². The van der Waals surface area contributed by atoms with Crippen molar-refractivity contribution in [3.63, 3.8) is 0 Å². The Morgan fingerprint density at radius 3 is 2.89 bits per heavy atom. The molecule has 0 spiro atoms. The summed E-state index contributed by atoms with van der Waals surface area (Å²) in [4.78, 5) is 14.3. The van der Waals surface area contributed by atoms with E-state index in [1.165, 1.54) is 6.42 Å². The zero-order valence-corrected chi connectivity index (χ0v) is 11.0. The highest BCUT2D eigenvalue weighted by Gasteiger charge is 2.26. The van der Waals surface area contributed by atoms with Crippen molar-refractivity contribution < 1.29 is 13.6 Å². The van der Waals surface area contributed by atoms with Gasteiger partial charge in [-0.1, -0.05) is 0 Å². The van der Waals surface area contributed by atoms with Crippen LogP contribution in [0.15, 0.2) is 39.4 Å². The van der Waals surface area contributed by atoms with Crippen molar-refractivity contribution in [2.75, 3.05) is 6.54 Å². The second kappa shape index (κ2) is 4.96. The lowest BCUT2D eigenvalue weighted by Crippen LogP contribution is -2.41. The van der Waals surface area contributed by atoms with Gasteiger partial charge in [0.15, 0.2) is 17.3 Å². The molecule has 19 heavy (non-hydrogen) atoms. The van der Waals surface area contributed by atoms with Gasteiger partial charge in [0.2, 0.25) is 0 Å². The average molecular weight is 259 g/mol. The third kappa shape index (κ3) is 2.30. The van der Waals surface area contributed by atoms with E-state index in [0.717, 1.165) is 19.4 Å². The van der Waals surface area contributed by atoms with E-state index in [-0.39, 0.29) is 5.91 Å². The van der Waals surface area contributed by atoms with Crippen molar-refractivity contribution in [2.24, 2.45) is 0 Å². The van der Waals surface area contributed by atoms with E-state index in [9.17, 15) is 4.79 Å². The standard InChI is InChI=1S/C15H17NO3/c1-11-5-2-3-9-16(11)15(17)14-8-7-13(19-14)12-6-4-10-18-12/h4,6-8,10-11H,2-3,5,9H2,1H3. The summed E-state index contributed by atoms with van der Waals surface area (Å²) < 4.78 is 10.9. The Morgan fingerprint density at radius 2 is 2.16 bits per heavy atom. The molecule has 1 saturated heterocycles. The molecule has 0 N–H and O–H groups in total. The van der Waals surface area contributed by atoms with E-state index in [1.807, 2.05) is 11.0 Å². The van der Waals surface area contributed by atoms with Crippen LogP contribution in [-0.2, 0) is 0 Å². The number of nitrogens with zero attached hydrogens (tertiary/aromatic N) is 1. The zero-order chi connectivity index (χ0) is 13.2. The lowest BCUT2D eigenvalue weighted by molar-refractivity contribution is 0.0604. The molecule has 1 amide bonds. The van der Waals surface area contributed by atoms with E-state index in [1.54, 1.807) is 24.5 Å². The Morgan fingerprint density at radius 1 is 1.26 bits per heavy atom. The number of hydrogen-bond donors (Lipinski definition) is 0.